The number of hydrogen-bond donors (Lipinski definition) is 1. The van der Waals surface area contributed by atoms with E-state index in [-0.39, 0.29) is 5.91 Å². The van der Waals surface area contributed by atoms with Crippen LogP contribution < -0.4 is 9.47 Å². The van der Waals surface area contributed by atoms with Gasteiger partial charge in [0.25, 0.3) is 5.91 Å². The second-order valence-electron chi connectivity index (χ2n) is 5.95. The molecule has 0 radical (unpaired) electrons. The minimum Gasteiger partial charge on any atom is -0.486 e. The van der Waals surface area contributed by atoms with Crippen LogP contribution in [0.4, 0.5) is 0 Å². The number of nitrogens with zero attached hydrogens (tertiary/aromatic N) is 1. The van der Waals surface area contributed by atoms with E-state index in [1.165, 1.54) is 0 Å². The highest BCUT2D eigenvalue weighted by Crippen LogP contribution is 2.32. The maximum atomic E-state index is 12.5. The van der Waals surface area contributed by atoms with Crippen molar-refractivity contribution >= 4 is 5.91 Å². The van der Waals surface area contributed by atoms with E-state index in [0.717, 1.165) is 25.7 Å². The summed E-state index contributed by atoms with van der Waals surface area (Å²) in [5.74, 6) is 1.18. The molecule has 0 unspecified atom stereocenters. The molecule has 114 valence electrons. The lowest BCUT2D eigenvalue weighted by molar-refractivity contribution is 0.0156. The lowest BCUT2D eigenvalue weighted by Crippen LogP contribution is -2.42. The van der Waals surface area contributed by atoms with Crippen molar-refractivity contribution in [3.8, 4) is 11.5 Å². The first-order valence-corrected chi connectivity index (χ1v) is 7.45. The number of ether oxygens (including phenoxy) is 2. The maximum Gasteiger partial charge on any atom is 0.253 e. The number of benzene rings is 1. The van der Waals surface area contributed by atoms with Gasteiger partial charge in [-0.15, -0.1) is 0 Å². The first-order chi connectivity index (χ1) is 10.1. The molecule has 1 aromatic carbocycles. The van der Waals surface area contributed by atoms with Crippen LogP contribution in [0.5, 0.6) is 11.5 Å². The quantitative estimate of drug-likeness (QED) is 0.923. The van der Waals surface area contributed by atoms with Gasteiger partial charge in [0.15, 0.2) is 11.5 Å². The molecule has 5 heteroatoms. The molecule has 1 saturated carbocycles. The highest BCUT2D eigenvalue weighted by atomic mass is 16.6. The zero-order valence-corrected chi connectivity index (χ0v) is 12.3. The van der Waals surface area contributed by atoms with E-state index in [2.05, 4.69) is 0 Å². The maximum absolute atomic E-state index is 12.5. The molecule has 1 N–H and O–H groups in total. The summed E-state index contributed by atoms with van der Waals surface area (Å²) in [6.07, 6.45) is 3.60. The molecule has 5 nitrogen and oxygen atoms in total. The molecule has 3 rings (SSSR count). The average molecular weight is 291 g/mol. The molecule has 0 atom stereocenters. The summed E-state index contributed by atoms with van der Waals surface area (Å²) in [6, 6.07) is 5.22. The highest BCUT2D eigenvalue weighted by molar-refractivity contribution is 5.94. The second-order valence-corrected chi connectivity index (χ2v) is 5.95. The molecule has 0 saturated heterocycles. The van der Waals surface area contributed by atoms with Gasteiger partial charge >= 0.3 is 0 Å². The van der Waals surface area contributed by atoms with Gasteiger partial charge in [0, 0.05) is 19.2 Å². The Bertz CT molecular complexity index is 537. The van der Waals surface area contributed by atoms with Crippen molar-refractivity contribution in [3.63, 3.8) is 0 Å². The third-order valence-electron chi connectivity index (χ3n) is 4.20. The topological polar surface area (TPSA) is 59.0 Å². The van der Waals surface area contributed by atoms with Gasteiger partial charge in [0.2, 0.25) is 0 Å². The number of aliphatic hydroxyl groups is 1. The smallest absolute Gasteiger partial charge is 0.253 e. The zero-order valence-electron chi connectivity index (χ0n) is 12.3. The summed E-state index contributed by atoms with van der Waals surface area (Å²) in [6.45, 7) is 1.41. The van der Waals surface area contributed by atoms with Crippen molar-refractivity contribution in [2.75, 3.05) is 26.8 Å². The van der Waals surface area contributed by atoms with Crippen LogP contribution in [0.25, 0.3) is 0 Å². The Kier molecular flexibility index (Phi) is 3.76. The molecule has 1 amide bonds. The minimum atomic E-state index is -0.724. The monoisotopic (exact) mass is 291 g/mol. The van der Waals surface area contributed by atoms with Crippen LogP contribution in [0.1, 0.15) is 36.0 Å². The Balaban J connectivity index is 1.72. The van der Waals surface area contributed by atoms with E-state index in [0.29, 0.717) is 36.8 Å². The zero-order chi connectivity index (χ0) is 14.9. The van der Waals surface area contributed by atoms with Gasteiger partial charge in [-0.1, -0.05) is 12.8 Å². The fraction of sp³-hybridized carbons (Fsp3) is 0.562. The van der Waals surface area contributed by atoms with Crippen LogP contribution in [0, 0.1) is 0 Å². The molecule has 1 fully saturated rings. The van der Waals surface area contributed by atoms with Crippen molar-refractivity contribution in [1.29, 1.82) is 0 Å². The third kappa shape index (κ3) is 2.97. The van der Waals surface area contributed by atoms with Crippen molar-refractivity contribution < 1.29 is 19.4 Å². The van der Waals surface area contributed by atoms with Crippen LogP contribution in [-0.4, -0.2) is 48.3 Å². The predicted octanol–water partition coefficient (Wildman–Crippen LogP) is 1.83. The second kappa shape index (κ2) is 5.56. The molecule has 1 heterocycles. The van der Waals surface area contributed by atoms with Crippen LogP contribution in [-0.2, 0) is 0 Å². The van der Waals surface area contributed by atoms with E-state index in [1.54, 1.807) is 30.1 Å². The van der Waals surface area contributed by atoms with Gasteiger partial charge in [-0.2, -0.15) is 0 Å². The number of carbonyl (C=O) groups is 1. The molecule has 0 aromatic heterocycles. The molecule has 0 bridgehead atoms. The number of amides is 1. The SMILES string of the molecule is CN(CC1(O)CCCC1)C(=O)c1ccc2c(c1)OCCO2. The summed E-state index contributed by atoms with van der Waals surface area (Å²) < 4.78 is 11.0. The molecule has 0 spiro atoms. The van der Waals surface area contributed by atoms with Gasteiger partial charge in [0.05, 0.1) is 5.60 Å². The fourth-order valence-corrected chi connectivity index (χ4v) is 3.10. The molecule has 1 aliphatic carbocycles. The average Bonchev–Trinajstić information content (AvgIpc) is 2.92. The molecule has 1 aromatic rings. The summed E-state index contributed by atoms with van der Waals surface area (Å²) in [4.78, 5) is 14.1. The van der Waals surface area contributed by atoms with Gasteiger partial charge in [-0.3, -0.25) is 4.79 Å². The minimum absolute atomic E-state index is 0.104. The molecule has 1 aliphatic heterocycles. The summed E-state index contributed by atoms with van der Waals surface area (Å²) in [7, 11) is 1.73. The standard InChI is InChI=1S/C16H21NO4/c1-17(11-16(19)6-2-3-7-16)15(18)12-4-5-13-14(10-12)21-9-8-20-13/h4-5,10,19H,2-3,6-9,11H2,1H3. The third-order valence-corrected chi connectivity index (χ3v) is 4.20. The predicted molar refractivity (Wildman–Crippen MR) is 77.8 cm³/mol. The summed E-state index contributed by atoms with van der Waals surface area (Å²) in [5.41, 5.74) is -0.165. The Morgan fingerprint density at radius 1 is 1.24 bits per heavy atom. The van der Waals surface area contributed by atoms with Crippen molar-refractivity contribution in [3.05, 3.63) is 23.8 Å². The van der Waals surface area contributed by atoms with Crippen LogP contribution >= 0.6 is 0 Å². The Morgan fingerprint density at radius 2 is 1.90 bits per heavy atom. The Morgan fingerprint density at radius 3 is 2.62 bits per heavy atom. The van der Waals surface area contributed by atoms with Crippen LogP contribution in [0.3, 0.4) is 0 Å². The van der Waals surface area contributed by atoms with Crippen molar-refractivity contribution in [2.24, 2.45) is 0 Å². The highest BCUT2D eigenvalue weighted by Gasteiger charge is 2.33. The Labute approximate surface area is 124 Å². The first-order valence-electron chi connectivity index (χ1n) is 7.45. The summed E-state index contributed by atoms with van der Waals surface area (Å²) in [5, 5.41) is 10.4. The lowest BCUT2D eigenvalue weighted by Gasteiger charge is -2.29. The van der Waals surface area contributed by atoms with Crippen LogP contribution in [0.15, 0.2) is 18.2 Å². The number of carbonyl (C=O) groups excluding carboxylic acids is 1. The molecule has 21 heavy (non-hydrogen) atoms. The number of fused-ring (bicyclic) bond motifs is 1. The van der Waals surface area contributed by atoms with Gasteiger partial charge in [-0.25, -0.2) is 0 Å². The normalized spacial score (nSPS) is 19.3. The van der Waals surface area contributed by atoms with Crippen molar-refractivity contribution in [2.45, 2.75) is 31.3 Å². The van der Waals surface area contributed by atoms with E-state index >= 15 is 0 Å². The van der Waals surface area contributed by atoms with Crippen LogP contribution in [0.2, 0.25) is 0 Å². The van der Waals surface area contributed by atoms with Gasteiger partial charge in [0.1, 0.15) is 13.2 Å². The molecule has 2 aliphatic rings. The number of likely N-dealkylation sites (N-methyl/N-ethyl adjacent to an activating group) is 1. The number of hydrogen-bond acceptors (Lipinski definition) is 4. The van der Waals surface area contributed by atoms with E-state index in [9.17, 15) is 9.90 Å². The van der Waals surface area contributed by atoms with E-state index < -0.39 is 5.60 Å². The largest absolute Gasteiger partial charge is 0.486 e. The van der Waals surface area contributed by atoms with Gasteiger partial charge < -0.3 is 19.5 Å². The van der Waals surface area contributed by atoms with Gasteiger partial charge in [-0.05, 0) is 31.0 Å². The fourth-order valence-electron chi connectivity index (χ4n) is 3.10. The molecular formula is C16H21NO4. The van der Waals surface area contributed by atoms with Crippen molar-refractivity contribution in [1.82, 2.24) is 4.90 Å². The first kappa shape index (κ1) is 14.2. The van der Waals surface area contributed by atoms with E-state index in [4.69, 9.17) is 9.47 Å². The number of rotatable bonds is 3. The Hall–Kier alpha value is -1.75. The summed E-state index contributed by atoms with van der Waals surface area (Å²) >= 11 is 0. The van der Waals surface area contributed by atoms with E-state index in [1.807, 2.05) is 0 Å². The molecular weight excluding hydrogens is 270 g/mol. The lowest BCUT2D eigenvalue weighted by atomic mass is 10.0.